The molecule has 0 aromatic heterocycles. The Morgan fingerprint density at radius 2 is 2.11 bits per heavy atom. The number of hydrogen-bond acceptors (Lipinski definition) is 2. The summed E-state index contributed by atoms with van der Waals surface area (Å²) in [7, 11) is 0. The summed E-state index contributed by atoms with van der Waals surface area (Å²) in [5.41, 5.74) is 0.641. The molecule has 3 atom stereocenters. The number of rotatable bonds is 3. The second-order valence-electron chi connectivity index (χ2n) is 5.01. The van der Waals surface area contributed by atoms with Crippen molar-refractivity contribution in [2.75, 3.05) is 0 Å². The van der Waals surface area contributed by atoms with Crippen LogP contribution < -0.4 is 5.32 Å². The van der Waals surface area contributed by atoms with Gasteiger partial charge in [0.05, 0.1) is 6.10 Å². The maximum Gasteiger partial charge on any atom is 0.128 e. The molecule has 1 saturated carbocycles. The van der Waals surface area contributed by atoms with Crippen LogP contribution in [-0.2, 0) is 0 Å². The molecule has 0 bridgehead atoms. The van der Waals surface area contributed by atoms with Gasteiger partial charge in [0.1, 0.15) is 5.82 Å². The van der Waals surface area contributed by atoms with Crippen molar-refractivity contribution in [3.8, 4) is 0 Å². The van der Waals surface area contributed by atoms with Crippen LogP contribution in [0.25, 0.3) is 0 Å². The van der Waals surface area contributed by atoms with Crippen LogP contribution in [0.15, 0.2) is 22.7 Å². The zero-order valence-corrected chi connectivity index (χ0v) is 12.1. The monoisotopic (exact) mass is 315 g/mol. The minimum atomic E-state index is -0.309. The van der Waals surface area contributed by atoms with Gasteiger partial charge in [-0.05, 0) is 38.0 Å². The molecule has 0 aliphatic heterocycles. The van der Waals surface area contributed by atoms with Crippen LogP contribution in [0, 0.1) is 5.82 Å². The predicted molar refractivity (Wildman–Crippen MR) is 73.9 cm³/mol. The van der Waals surface area contributed by atoms with Crippen LogP contribution in [0.1, 0.15) is 44.2 Å². The van der Waals surface area contributed by atoms with Gasteiger partial charge in [0.15, 0.2) is 0 Å². The quantitative estimate of drug-likeness (QED) is 0.894. The topological polar surface area (TPSA) is 32.3 Å². The van der Waals surface area contributed by atoms with Crippen LogP contribution in [0.5, 0.6) is 0 Å². The number of benzene rings is 1. The van der Waals surface area contributed by atoms with E-state index in [0.29, 0.717) is 5.56 Å². The van der Waals surface area contributed by atoms with Crippen LogP contribution >= 0.6 is 15.9 Å². The Bertz CT molecular complexity index is 413. The first kappa shape index (κ1) is 14.0. The lowest BCUT2D eigenvalue weighted by atomic mass is 9.91. The van der Waals surface area contributed by atoms with Crippen LogP contribution in [0.4, 0.5) is 4.39 Å². The van der Waals surface area contributed by atoms with Gasteiger partial charge in [0.2, 0.25) is 0 Å². The third-order valence-electron chi connectivity index (χ3n) is 3.62. The van der Waals surface area contributed by atoms with E-state index >= 15 is 0 Å². The molecule has 3 unspecified atom stereocenters. The molecule has 2 N–H and O–H groups in total. The molecule has 4 heteroatoms. The first-order valence-corrected chi connectivity index (χ1v) is 7.26. The molecule has 0 heterocycles. The third-order valence-corrected chi connectivity index (χ3v) is 4.11. The van der Waals surface area contributed by atoms with E-state index < -0.39 is 0 Å². The van der Waals surface area contributed by atoms with Crippen LogP contribution in [0.2, 0.25) is 0 Å². The molecule has 1 aromatic carbocycles. The van der Waals surface area contributed by atoms with E-state index in [1.54, 1.807) is 12.1 Å². The molecular weight excluding hydrogens is 297 g/mol. The lowest BCUT2D eigenvalue weighted by Gasteiger charge is -2.31. The Morgan fingerprint density at radius 1 is 1.39 bits per heavy atom. The molecule has 2 nitrogen and oxygen atoms in total. The number of hydrogen-bond donors (Lipinski definition) is 2. The van der Waals surface area contributed by atoms with E-state index in [0.717, 1.165) is 30.2 Å². The smallest absolute Gasteiger partial charge is 0.128 e. The highest BCUT2D eigenvalue weighted by atomic mass is 79.9. The van der Waals surface area contributed by atoms with Gasteiger partial charge in [-0.1, -0.05) is 28.8 Å². The fourth-order valence-electron chi connectivity index (χ4n) is 2.56. The Kier molecular flexibility index (Phi) is 4.76. The van der Waals surface area contributed by atoms with E-state index in [1.165, 1.54) is 6.07 Å². The highest BCUT2D eigenvalue weighted by Gasteiger charge is 2.25. The Labute approximate surface area is 116 Å². The molecular formula is C14H19BrFNO. The zero-order valence-electron chi connectivity index (χ0n) is 10.5. The fourth-order valence-corrected chi connectivity index (χ4v) is 2.94. The fraction of sp³-hybridized carbons (Fsp3) is 0.571. The lowest BCUT2D eigenvalue weighted by molar-refractivity contribution is 0.0857. The molecule has 0 saturated heterocycles. The molecule has 1 aromatic rings. The average Bonchev–Trinajstić information content (AvgIpc) is 2.35. The van der Waals surface area contributed by atoms with E-state index in [1.807, 2.05) is 6.92 Å². The summed E-state index contributed by atoms with van der Waals surface area (Å²) >= 11 is 3.36. The largest absolute Gasteiger partial charge is 0.392 e. The first-order valence-electron chi connectivity index (χ1n) is 6.47. The first-order chi connectivity index (χ1) is 8.58. The van der Waals surface area contributed by atoms with E-state index in [9.17, 15) is 9.50 Å². The molecule has 2 rings (SSSR count). The van der Waals surface area contributed by atoms with Crippen molar-refractivity contribution in [2.45, 2.75) is 50.8 Å². The Hall–Kier alpha value is -0.450. The zero-order chi connectivity index (χ0) is 13.1. The molecule has 1 aliphatic carbocycles. The maximum atomic E-state index is 13.7. The van der Waals surface area contributed by atoms with Crippen molar-refractivity contribution in [3.63, 3.8) is 0 Å². The van der Waals surface area contributed by atoms with Crippen molar-refractivity contribution in [1.29, 1.82) is 0 Å². The number of aliphatic hydroxyl groups excluding tert-OH is 1. The predicted octanol–water partition coefficient (Wildman–Crippen LogP) is 3.54. The average molecular weight is 316 g/mol. The van der Waals surface area contributed by atoms with Gasteiger partial charge in [0, 0.05) is 22.1 Å². The van der Waals surface area contributed by atoms with E-state index in [4.69, 9.17) is 0 Å². The standard InChI is InChI=1S/C14H19BrFNO/c1-9(11-8-10(15)6-7-12(11)16)17-13-4-2-3-5-14(13)18/h6-9,13-14,17-18H,2-5H2,1H3. The highest BCUT2D eigenvalue weighted by molar-refractivity contribution is 9.10. The summed E-state index contributed by atoms with van der Waals surface area (Å²) in [4.78, 5) is 0. The summed E-state index contributed by atoms with van der Waals surface area (Å²) in [6.45, 7) is 1.94. The van der Waals surface area contributed by atoms with Gasteiger partial charge in [0.25, 0.3) is 0 Å². The van der Waals surface area contributed by atoms with E-state index in [2.05, 4.69) is 21.2 Å². The van der Waals surface area contributed by atoms with Crippen LogP contribution in [0.3, 0.4) is 0 Å². The second kappa shape index (κ2) is 6.13. The molecule has 0 radical (unpaired) electrons. The van der Waals surface area contributed by atoms with Crippen molar-refractivity contribution in [1.82, 2.24) is 5.32 Å². The lowest BCUT2D eigenvalue weighted by Crippen LogP contribution is -2.43. The molecule has 1 fully saturated rings. The molecule has 1 aliphatic rings. The van der Waals surface area contributed by atoms with Crippen molar-refractivity contribution in [3.05, 3.63) is 34.1 Å². The van der Waals surface area contributed by atoms with Crippen molar-refractivity contribution in [2.24, 2.45) is 0 Å². The summed E-state index contributed by atoms with van der Waals surface area (Å²) in [6.07, 6.45) is 3.70. The van der Waals surface area contributed by atoms with Gasteiger partial charge < -0.3 is 10.4 Å². The van der Waals surface area contributed by atoms with Gasteiger partial charge >= 0.3 is 0 Å². The number of nitrogens with one attached hydrogen (secondary N) is 1. The van der Waals surface area contributed by atoms with Gasteiger partial charge in [-0.25, -0.2) is 4.39 Å². The second-order valence-corrected chi connectivity index (χ2v) is 5.93. The minimum Gasteiger partial charge on any atom is -0.392 e. The highest BCUT2D eigenvalue weighted by Crippen LogP contribution is 2.25. The third kappa shape index (κ3) is 3.31. The Balaban J connectivity index is 2.06. The SMILES string of the molecule is CC(NC1CCCCC1O)c1cc(Br)ccc1F. The van der Waals surface area contributed by atoms with E-state index in [-0.39, 0.29) is 24.0 Å². The minimum absolute atomic E-state index is 0.0760. The van der Waals surface area contributed by atoms with Gasteiger partial charge in [-0.2, -0.15) is 0 Å². The normalized spacial score (nSPS) is 26.0. The van der Waals surface area contributed by atoms with Crippen LogP contribution in [-0.4, -0.2) is 17.3 Å². The molecule has 0 spiro atoms. The van der Waals surface area contributed by atoms with Gasteiger partial charge in [-0.3, -0.25) is 0 Å². The summed E-state index contributed by atoms with van der Waals surface area (Å²) in [5, 5.41) is 13.3. The molecule has 100 valence electrons. The van der Waals surface area contributed by atoms with Crippen molar-refractivity contribution >= 4 is 15.9 Å². The van der Waals surface area contributed by atoms with Gasteiger partial charge in [-0.15, -0.1) is 0 Å². The molecule has 0 amide bonds. The maximum absolute atomic E-state index is 13.7. The summed E-state index contributed by atoms with van der Waals surface area (Å²) < 4.78 is 14.6. The Morgan fingerprint density at radius 3 is 2.83 bits per heavy atom. The molecule has 18 heavy (non-hydrogen) atoms. The van der Waals surface area contributed by atoms with Crippen molar-refractivity contribution < 1.29 is 9.50 Å². The summed E-state index contributed by atoms with van der Waals surface area (Å²) in [5.74, 6) is -0.205. The summed E-state index contributed by atoms with van der Waals surface area (Å²) in [6, 6.07) is 4.94. The number of aliphatic hydroxyl groups is 1. The number of halogens is 2.